The van der Waals surface area contributed by atoms with Crippen LogP contribution in [0.15, 0.2) is 0 Å². The molecule has 0 aromatic heterocycles. The van der Waals surface area contributed by atoms with E-state index in [1.54, 1.807) is 25.8 Å². The predicted octanol–water partition coefficient (Wildman–Crippen LogP) is -0.501. The van der Waals surface area contributed by atoms with Crippen molar-refractivity contribution in [2.45, 2.75) is 19.9 Å². The molecular weight excluding hydrogens is 204 g/mol. The smallest absolute Gasteiger partial charge is 0.240 e. The summed E-state index contributed by atoms with van der Waals surface area (Å²) in [6.45, 7) is 4.10. The van der Waals surface area contributed by atoms with E-state index in [4.69, 9.17) is 0 Å². The maximum absolute atomic E-state index is 11.6. The van der Waals surface area contributed by atoms with Crippen LogP contribution in [0.3, 0.4) is 0 Å². The lowest BCUT2D eigenvalue weighted by Gasteiger charge is -2.36. The van der Waals surface area contributed by atoms with Crippen LogP contribution in [0.4, 0.5) is 0 Å². The Bertz CT molecular complexity index is 325. The van der Waals surface area contributed by atoms with Gasteiger partial charge in [-0.25, -0.2) is 8.42 Å². The van der Waals surface area contributed by atoms with Crippen molar-refractivity contribution < 1.29 is 13.2 Å². The Morgan fingerprint density at radius 1 is 1.43 bits per heavy atom. The van der Waals surface area contributed by atoms with E-state index in [9.17, 15) is 13.2 Å². The summed E-state index contributed by atoms with van der Waals surface area (Å²) >= 11 is 0. The molecule has 1 atom stereocenters. The summed E-state index contributed by atoms with van der Waals surface area (Å²) in [5.41, 5.74) is 0. The van der Waals surface area contributed by atoms with Gasteiger partial charge in [-0.1, -0.05) is 0 Å². The monoisotopic (exact) mass is 220 g/mol. The number of hydrogen-bond acceptors (Lipinski definition) is 3. The Balaban J connectivity index is 2.89. The molecule has 1 amide bonds. The summed E-state index contributed by atoms with van der Waals surface area (Å²) in [5.74, 6) is -0.0813. The summed E-state index contributed by atoms with van der Waals surface area (Å²) in [6, 6.07) is -0.557. The van der Waals surface area contributed by atoms with Crippen LogP contribution < -0.4 is 0 Å². The highest BCUT2D eigenvalue weighted by molar-refractivity contribution is 7.89. The number of amides is 1. The lowest BCUT2D eigenvalue weighted by Crippen LogP contribution is -2.56. The molecule has 1 fully saturated rings. The molecule has 0 aliphatic carbocycles. The standard InChI is InChI=1S/C8H16N2O3S/c1-4-14(12,13)10-6-5-9(3)8(11)7(10)2/h7H,4-6H2,1-3H3. The molecule has 82 valence electrons. The predicted molar refractivity (Wildman–Crippen MR) is 53.3 cm³/mol. The van der Waals surface area contributed by atoms with Gasteiger partial charge in [0.15, 0.2) is 0 Å². The molecule has 1 unspecified atom stereocenters. The lowest BCUT2D eigenvalue weighted by atomic mass is 10.2. The zero-order chi connectivity index (χ0) is 10.9. The molecule has 1 rings (SSSR count). The Morgan fingerprint density at radius 3 is 2.50 bits per heavy atom. The number of sulfonamides is 1. The third-order valence-corrected chi connectivity index (χ3v) is 4.49. The second kappa shape index (κ2) is 3.86. The second-order valence-corrected chi connectivity index (χ2v) is 5.66. The molecule has 1 aliphatic rings. The van der Waals surface area contributed by atoms with E-state index in [1.807, 2.05) is 0 Å². The molecule has 1 aliphatic heterocycles. The van der Waals surface area contributed by atoms with Crippen molar-refractivity contribution in [3.63, 3.8) is 0 Å². The van der Waals surface area contributed by atoms with Crippen molar-refractivity contribution in [3.05, 3.63) is 0 Å². The van der Waals surface area contributed by atoms with Crippen LogP contribution in [0.5, 0.6) is 0 Å². The second-order valence-electron chi connectivity index (χ2n) is 3.45. The SMILES string of the molecule is CCS(=O)(=O)N1CCN(C)C(=O)C1C. The maximum Gasteiger partial charge on any atom is 0.240 e. The summed E-state index contributed by atoms with van der Waals surface area (Å²) in [5, 5.41) is 0. The molecular formula is C8H16N2O3S. The minimum absolute atomic E-state index is 0.0499. The number of hydrogen-bond donors (Lipinski definition) is 0. The fourth-order valence-corrected chi connectivity index (χ4v) is 2.80. The highest BCUT2D eigenvalue weighted by Gasteiger charge is 2.35. The van der Waals surface area contributed by atoms with E-state index in [1.165, 1.54) is 4.31 Å². The topological polar surface area (TPSA) is 57.7 Å². The Labute approximate surface area is 84.7 Å². The van der Waals surface area contributed by atoms with Crippen molar-refractivity contribution in [1.82, 2.24) is 9.21 Å². The van der Waals surface area contributed by atoms with Gasteiger partial charge in [0.25, 0.3) is 0 Å². The first kappa shape index (κ1) is 11.5. The normalized spacial score (nSPS) is 25.5. The molecule has 0 spiro atoms. The molecule has 0 aromatic carbocycles. The van der Waals surface area contributed by atoms with E-state index < -0.39 is 16.1 Å². The lowest BCUT2D eigenvalue weighted by molar-refractivity contribution is -0.136. The minimum atomic E-state index is -3.24. The average Bonchev–Trinajstić information content (AvgIpc) is 2.14. The van der Waals surface area contributed by atoms with Gasteiger partial charge in [-0.15, -0.1) is 0 Å². The van der Waals surface area contributed by atoms with Gasteiger partial charge < -0.3 is 4.90 Å². The maximum atomic E-state index is 11.6. The van der Waals surface area contributed by atoms with Crippen LogP contribution in [0.1, 0.15) is 13.8 Å². The zero-order valence-electron chi connectivity index (χ0n) is 8.73. The fourth-order valence-electron chi connectivity index (χ4n) is 1.54. The van der Waals surface area contributed by atoms with Crippen molar-refractivity contribution in [2.24, 2.45) is 0 Å². The number of nitrogens with zero attached hydrogens (tertiary/aromatic N) is 2. The van der Waals surface area contributed by atoms with Gasteiger partial charge in [-0.3, -0.25) is 4.79 Å². The van der Waals surface area contributed by atoms with Crippen molar-refractivity contribution in [1.29, 1.82) is 0 Å². The number of likely N-dealkylation sites (N-methyl/N-ethyl adjacent to an activating group) is 1. The van der Waals surface area contributed by atoms with E-state index in [-0.39, 0.29) is 11.7 Å². The first-order valence-corrected chi connectivity index (χ1v) is 6.25. The Kier molecular flexibility index (Phi) is 3.16. The van der Waals surface area contributed by atoms with Gasteiger partial charge in [0, 0.05) is 20.1 Å². The van der Waals surface area contributed by atoms with Gasteiger partial charge in [0.05, 0.1) is 5.75 Å². The minimum Gasteiger partial charge on any atom is -0.343 e. The molecule has 1 saturated heterocycles. The summed E-state index contributed by atoms with van der Waals surface area (Å²) in [4.78, 5) is 13.1. The highest BCUT2D eigenvalue weighted by atomic mass is 32.2. The van der Waals surface area contributed by atoms with Crippen LogP contribution >= 0.6 is 0 Å². The molecule has 0 aromatic rings. The van der Waals surface area contributed by atoms with Crippen LogP contribution in [0.25, 0.3) is 0 Å². The van der Waals surface area contributed by atoms with Gasteiger partial charge in [0.2, 0.25) is 15.9 Å². The van der Waals surface area contributed by atoms with Gasteiger partial charge in [-0.2, -0.15) is 4.31 Å². The van der Waals surface area contributed by atoms with Gasteiger partial charge >= 0.3 is 0 Å². The van der Waals surface area contributed by atoms with E-state index in [0.717, 1.165) is 0 Å². The number of carbonyl (C=O) groups excluding carboxylic acids is 1. The molecule has 14 heavy (non-hydrogen) atoms. The van der Waals surface area contributed by atoms with Gasteiger partial charge in [0.1, 0.15) is 6.04 Å². The molecule has 1 heterocycles. The van der Waals surface area contributed by atoms with Crippen LogP contribution in [0.2, 0.25) is 0 Å². The number of rotatable bonds is 2. The number of carbonyl (C=O) groups is 1. The third kappa shape index (κ3) is 1.90. The van der Waals surface area contributed by atoms with E-state index in [0.29, 0.717) is 13.1 Å². The van der Waals surface area contributed by atoms with Crippen LogP contribution in [-0.4, -0.2) is 55.5 Å². The molecule has 6 heteroatoms. The highest BCUT2D eigenvalue weighted by Crippen LogP contribution is 2.14. The van der Waals surface area contributed by atoms with Crippen LogP contribution in [-0.2, 0) is 14.8 Å². The summed E-state index contributed by atoms with van der Waals surface area (Å²) < 4.78 is 24.4. The summed E-state index contributed by atoms with van der Waals surface area (Å²) in [6.07, 6.45) is 0. The van der Waals surface area contributed by atoms with Crippen molar-refractivity contribution >= 4 is 15.9 Å². The van der Waals surface area contributed by atoms with Crippen molar-refractivity contribution in [2.75, 3.05) is 25.9 Å². The largest absolute Gasteiger partial charge is 0.343 e. The average molecular weight is 220 g/mol. The Hall–Kier alpha value is -0.620. The molecule has 0 N–H and O–H groups in total. The van der Waals surface area contributed by atoms with Crippen molar-refractivity contribution in [3.8, 4) is 0 Å². The molecule has 0 bridgehead atoms. The Morgan fingerprint density at radius 2 is 2.00 bits per heavy atom. The first-order chi connectivity index (χ1) is 6.40. The molecule has 0 saturated carbocycles. The van der Waals surface area contributed by atoms with E-state index in [2.05, 4.69) is 0 Å². The van der Waals surface area contributed by atoms with Crippen LogP contribution in [0, 0.1) is 0 Å². The van der Waals surface area contributed by atoms with E-state index >= 15 is 0 Å². The molecule has 0 radical (unpaired) electrons. The molecule has 5 nitrogen and oxygen atoms in total. The summed E-state index contributed by atoms with van der Waals surface area (Å²) in [7, 11) is -1.55. The zero-order valence-corrected chi connectivity index (χ0v) is 9.54. The first-order valence-electron chi connectivity index (χ1n) is 4.64. The number of piperazine rings is 1. The third-order valence-electron chi connectivity index (χ3n) is 2.54. The fraction of sp³-hybridized carbons (Fsp3) is 0.875. The van der Waals surface area contributed by atoms with Gasteiger partial charge in [-0.05, 0) is 13.8 Å². The quantitative estimate of drug-likeness (QED) is 0.630.